The zero-order valence-electron chi connectivity index (χ0n) is 11.9. The molecule has 1 aromatic carbocycles. The second kappa shape index (κ2) is 5.44. The van der Waals surface area contributed by atoms with Crippen LogP contribution in [0.3, 0.4) is 0 Å². The average molecular weight is 283 g/mol. The van der Waals surface area contributed by atoms with Crippen molar-refractivity contribution in [2.24, 2.45) is 0 Å². The summed E-state index contributed by atoms with van der Waals surface area (Å²) < 4.78 is 2.17. The predicted octanol–water partition coefficient (Wildman–Crippen LogP) is 2.31. The van der Waals surface area contributed by atoms with E-state index in [-0.39, 0.29) is 0 Å². The summed E-state index contributed by atoms with van der Waals surface area (Å²) in [4.78, 5) is 17.2. The molecule has 0 aliphatic carbocycles. The quantitative estimate of drug-likeness (QED) is 0.878. The van der Waals surface area contributed by atoms with Gasteiger partial charge in [0, 0.05) is 37.2 Å². The number of rotatable bonds is 3. The Balaban J connectivity index is 1.81. The molecular weight excluding hydrogens is 266 g/mol. The van der Waals surface area contributed by atoms with Crippen LogP contribution in [0.15, 0.2) is 36.7 Å². The van der Waals surface area contributed by atoms with Gasteiger partial charge in [-0.3, -0.25) is 0 Å². The van der Waals surface area contributed by atoms with Gasteiger partial charge in [-0.2, -0.15) is 0 Å². The van der Waals surface area contributed by atoms with E-state index < -0.39 is 5.97 Å². The van der Waals surface area contributed by atoms with E-state index in [9.17, 15) is 4.79 Å². The lowest BCUT2D eigenvalue weighted by molar-refractivity contribution is -0.131. The number of fused-ring (bicyclic) bond motifs is 1. The molecule has 0 saturated carbocycles. The number of aliphatic carboxylic acids is 1. The van der Waals surface area contributed by atoms with Crippen LogP contribution in [0.25, 0.3) is 6.08 Å². The van der Waals surface area contributed by atoms with Crippen molar-refractivity contribution in [2.45, 2.75) is 20.0 Å². The Labute approximate surface area is 123 Å². The van der Waals surface area contributed by atoms with Gasteiger partial charge in [-0.15, -0.1) is 0 Å². The second-order valence-corrected chi connectivity index (χ2v) is 5.17. The van der Waals surface area contributed by atoms with Gasteiger partial charge in [0.25, 0.3) is 0 Å². The monoisotopic (exact) mass is 283 g/mol. The molecule has 0 saturated heterocycles. The summed E-state index contributed by atoms with van der Waals surface area (Å²) in [6.45, 7) is 4.69. The molecule has 0 unspecified atom stereocenters. The van der Waals surface area contributed by atoms with Gasteiger partial charge in [-0.25, -0.2) is 9.78 Å². The van der Waals surface area contributed by atoms with Gasteiger partial charge >= 0.3 is 5.97 Å². The zero-order valence-corrected chi connectivity index (χ0v) is 11.9. The third-order valence-corrected chi connectivity index (χ3v) is 3.77. The topological polar surface area (TPSA) is 58.4 Å². The molecule has 0 fully saturated rings. The normalized spacial score (nSPS) is 14.4. The van der Waals surface area contributed by atoms with Gasteiger partial charge in [0.05, 0.1) is 6.54 Å². The highest BCUT2D eigenvalue weighted by Crippen LogP contribution is 2.23. The first kappa shape index (κ1) is 13.4. The van der Waals surface area contributed by atoms with E-state index in [0.717, 1.165) is 42.3 Å². The minimum atomic E-state index is -0.929. The smallest absolute Gasteiger partial charge is 0.328 e. The van der Waals surface area contributed by atoms with E-state index in [0.29, 0.717) is 0 Å². The summed E-state index contributed by atoms with van der Waals surface area (Å²) >= 11 is 0. The molecule has 0 radical (unpaired) electrons. The second-order valence-electron chi connectivity index (χ2n) is 5.17. The van der Waals surface area contributed by atoms with Crippen LogP contribution in [0.4, 0.5) is 5.69 Å². The first-order valence-corrected chi connectivity index (χ1v) is 6.90. The summed E-state index contributed by atoms with van der Waals surface area (Å²) in [6, 6.07) is 6.10. The lowest BCUT2D eigenvalue weighted by atomic mass is 10.1. The van der Waals surface area contributed by atoms with Gasteiger partial charge in [0.1, 0.15) is 5.82 Å². The number of hydrogen-bond donors (Lipinski definition) is 1. The molecule has 108 valence electrons. The molecule has 5 nitrogen and oxygen atoms in total. The Hall–Kier alpha value is -2.56. The zero-order chi connectivity index (χ0) is 14.8. The third kappa shape index (κ3) is 2.81. The standard InChI is InChI=1S/C16H17N3O2/c1-12-10-14(4-2-13(12)3-5-16(20)21)19-9-8-18-7-6-17-15(18)11-19/h2-7,10H,8-9,11H2,1H3,(H,20,21). The molecule has 1 aromatic heterocycles. The predicted molar refractivity (Wildman–Crippen MR) is 81.1 cm³/mol. The number of carbonyl (C=O) groups is 1. The highest BCUT2D eigenvalue weighted by Gasteiger charge is 2.17. The van der Waals surface area contributed by atoms with Crippen LogP contribution < -0.4 is 4.90 Å². The number of anilines is 1. The molecule has 0 bridgehead atoms. The molecule has 0 atom stereocenters. The molecule has 0 amide bonds. The first-order chi connectivity index (χ1) is 10.1. The fourth-order valence-corrected chi connectivity index (χ4v) is 2.60. The molecule has 1 aliphatic rings. The van der Waals surface area contributed by atoms with Crippen LogP contribution >= 0.6 is 0 Å². The SMILES string of the molecule is Cc1cc(N2CCn3ccnc3C2)ccc1C=CC(=O)O. The molecular formula is C16H17N3O2. The first-order valence-electron chi connectivity index (χ1n) is 6.90. The number of aryl methyl sites for hydroxylation is 1. The van der Waals surface area contributed by atoms with E-state index in [4.69, 9.17) is 5.11 Å². The van der Waals surface area contributed by atoms with Crippen molar-refractivity contribution in [3.8, 4) is 0 Å². The lowest BCUT2D eigenvalue weighted by Crippen LogP contribution is -2.33. The van der Waals surface area contributed by atoms with E-state index >= 15 is 0 Å². The fraction of sp³-hybridized carbons (Fsp3) is 0.250. The maximum atomic E-state index is 10.6. The third-order valence-electron chi connectivity index (χ3n) is 3.77. The van der Waals surface area contributed by atoms with Gasteiger partial charge in [0.15, 0.2) is 0 Å². The van der Waals surface area contributed by atoms with Crippen molar-refractivity contribution in [2.75, 3.05) is 11.4 Å². The van der Waals surface area contributed by atoms with Crippen LogP contribution in [0.2, 0.25) is 0 Å². The van der Waals surface area contributed by atoms with Gasteiger partial charge in [-0.1, -0.05) is 6.07 Å². The van der Waals surface area contributed by atoms with Gasteiger partial charge in [-0.05, 0) is 36.3 Å². The largest absolute Gasteiger partial charge is 0.478 e. The van der Waals surface area contributed by atoms with Crippen LogP contribution in [0.5, 0.6) is 0 Å². The number of aromatic nitrogens is 2. The van der Waals surface area contributed by atoms with E-state index in [2.05, 4.69) is 20.5 Å². The lowest BCUT2D eigenvalue weighted by Gasteiger charge is -2.30. The number of benzene rings is 1. The van der Waals surface area contributed by atoms with Crippen molar-refractivity contribution < 1.29 is 9.90 Å². The van der Waals surface area contributed by atoms with Crippen molar-refractivity contribution in [1.29, 1.82) is 0 Å². The van der Waals surface area contributed by atoms with Crippen molar-refractivity contribution in [1.82, 2.24) is 9.55 Å². The Kier molecular flexibility index (Phi) is 3.48. The Bertz CT molecular complexity index is 703. The fourth-order valence-electron chi connectivity index (χ4n) is 2.60. The summed E-state index contributed by atoms with van der Waals surface area (Å²) in [6.07, 6.45) is 6.64. The summed E-state index contributed by atoms with van der Waals surface area (Å²) in [5.74, 6) is 0.148. The number of carboxylic acids is 1. The molecule has 3 rings (SSSR count). The van der Waals surface area contributed by atoms with Crippen LogP contribution in [0, 0.1) is 6.92 Å². The number of nitrogens with zero attached hydrogens (tertiary/aromatic N) is 3. The van der Waals surface area contributed by atoms with Crippen LogP contribution in [-0.2, 0) is 17.9 Å². The summed E-state index contributed by atoms with van der Waals surface area (Å²) in [7, 11) is 0. The average Bonchev–Trinajstić information content (AvgIpc) is 2.93. The molecule has 1 N–H and O–H groups in total. The highest BCUT2D eigenvalue weighted by atomic mass is 16.4. The van der Waals surface area contributed by atoms with Crippen LogP contribution in [-0.4, -0.2) is 27.2 Å². The Morgan fingerprint density at radius 1 is 1.38 bits per heavy atom. The Morgan fingerprint density at radius 2 is 2.24 bits per heavy atom. The number of hydrogen-bond acceptors (Lipinski definition) is 3. The summed E-state index contributed by atoms with van der Waals surface area (Å²) in [5.41, 5.74) is 3.15. The van der Waals surface area contributed by atoms with Crippen molar-refractivity contribution in [3.05, 3.63) is 53.6 Å². The molecule has 2 heterocycles. The van der Waals surface area contributed by atoms with Gasteiger partial charge < -0.3 is 14.6 Å². The highest BCUT2D eigenvalue weighted by molar-refractivity contribution is 5.85. The van der Waals surface area contributed by atoms with Crippen molar-refractivity contribution >= 4 is 17.7 Å². The molecule has 2 aromatic rings. The van der Waals surface area contributed by atoms with Crippen molar-refractivity contribution in [3.63, 3.8) is 0 Å². The minimum Gasteiger partial charge on any atom is -0.478 e. The maximum absolute atomic E-state index is 10.6. The molecule has 5 heteroatoms. The van der Waals surface area contributed by atoms with E-state index in [1.54, 1.807) is 6.08 Å². The molecule has 21 heavy (non-hydrogen) atoms. The van der Waals surface area contributed by atoms with E-state index in [1.165, 1.54) is 6.08 Å². The molecule has 1 aliphatic heterocycles. The summed E-state index contributed by atoms with van der Waals surface area (Å²) in [5, 5.41) is 8.69. The van der Waals surface area contributed by atoms with E-state index in [1.807, 2.05) is 31.5 Å². The number of imidazole rings is 1. The van der Waals surface area contributed by atoms with Gasteiger partial charge in [0.2, 0.25) is 0 Å². The Morgan fingerprint density at radius 3 is 3.00 bits per heavy atom. The van der Waals surface area contributed by atoms with Crippen LogP contribution in [0.1, 0.15) is 17.0 Å². The maximum Gasteiger partial charge on any atom is 0.328 e. The number of carboxylic acid groups (broad SMARTS) is 1. The molecule has 0 spiro atoms. The minimum absolute atomic E-state index is 0.802.